The number of rotatable bonds is 3. The van der Waals surface area contributed by atoms with Gasteiger partial charge in [0.15, 0.2) is 0 Å². The molecular weight excluding hydrogens is 228 g/mol. The molecule has 1 aliphatic heterocycles. The number of piperazine rings is 1. The topological polar surface area (TPSA) is 62.5 Å². The molecule has 1 saturated heterocycles. The first-order valence-electron chi connectivity index (χ1n) is 6.41. The normalized spacial score (nSPS) is 16.9. The Hall–Kier alpha value is -1.46. The first-order valence-corrected chi connectivity index (χ1v) is 6.41. The average molecular weight is 248 g/mol. The lowest BCUT2D eigenvalue weighted by atomic mass is 10.2. The van der Waals surface area contributed by atoms with E-state index in [1.165, 1.54) is 0 Å². The molecule has 0 aromatic carbocycles. The Balaban J connectivity index is 2.03. The fourth-order valence-electron chi connectivity index (χ4n) is 2.17. The van der Waals surface area contributed by atoms with Crippen molar-refractivity contribution in [3.8, 4) is 0 Å². The Morgan fingerprint density at radius 3 is 2.72 bits per heavy atom. The maximum atomic E-state index is 12.3. The summed E-state index contributed by atoms with van der Waals surface area (Å²) in [5.41, 5.74) is 6.99. The summed E-state index contributed by atoms with van der Waals surface area (Å²) in [6.45, 7) is 7.07. The van der Waals surface area contributed by atoms with Gasteiger partial charge in [-0.3, -0.25) is 9.78 Å². The van der Waals surface area contributed by atoms with Crippen LogP contribution in [0.3, 0.4) is 0 Å². The average Bonchev–Trinajstić information content (AvgIpc) is 2.46. The second-order valence-electron chi connectivity index (χ2n) is 4.47. The maximum absolute atomic E-state index is 12.3. The van der Waals surface area contributed by atoms with Gasteiger partial charge in [0.1, 0.15) is 0 Å². The third-order valence-electron chi connectivity index (χ3n) is 3.38. The number of carbonyl (C=O) groups excluding carboxylic acids is 1. The van der Waals surface area contributed by atoms with Crippen LogP contribution in [0.5, 0.6) is 0 Å². The zero-order valence-corrected chi connectivity index (χ0v) is 10.8. The third kappa shape index (κ3) is 2.86. The molecule has 0 saturated carbocycles. The van der Waals surface area contributed by atoms with Gasteiger partial charge in [-0.15, -0.1) is 0 Å². The molecule has 2 heterocycles. The second-order valence-corrected chi connectivity index (χ2v) is 4.47. The Bertz CT molecular complexity index is 413. The van der Waals surface area contributed by atoms with E-state index in [4.69, 9.17) is 5.73 Å². The summed E-state index contributed by atoms with van der Waals surface area (Å²) >= 11 is 0. The van der Waals surface area contributed by atoms with Crippen LogP contribution in [-0.2, 0) is 6.54 Å². The van der Waals surface area contributed by atoms with Crippen molar-refractivity contribution < 1.29 is 4.79 Å². The smallest absolute Gasteiger partial charge is 0.254 e. The van der Waals surface area contributed by atoms with Gasteiger partial charge in [0, 0.05) is 44.5 Å². The zero-order valence-electron chi connectivity index (χ0n) is 10.8. The van der Waals surface area contributed by atoms with Crippen molar-refractivity contribution >= 4 is 5.91 Å². The third-order valence-corrected chi connectivity index (χ3v) is 3.38. The first-order chi connectivity index (χ1) is 8.74. The van der Waals surface area contributed by atoms with Gasteiger partial charge in [-0.2, -0.15) is 0 Å². The molecule has 0 unspecified atom stereocenters. The highest BCUT2D eigenvalue weighted by Crippen LogP contribution is 2.09. The molecule has 0 spiro atoms. The Morgan fingerprint density at radius 2 is 2.11 bits per heavy atom. The van der Waals surface area contributed by atoms with Gasteiger partial charge in [0.2, 0.25) is 0 Å². The summed E-state index contributed by atoms with van der Waals surface area (Å²) in [5.74, 6) is 0.0860. The molecule has 1 aromatic heterocycles. The minimum atomic E-state index is 0.0860. The van der Waals surface area contributed by atoms with E-state index in [-0.39, 0.29) is 5.91 Å². The molecule has 1 fully saturated rings. The van der Waals surface area contributed by atoms with Crippen LogP contribution < -0.4 is 5.73 Å². The van der Waals surface area contributed by atoms with E-state index in [2.05, 4.69) is 16.8 Å². The maximum Gasteiger partial charge on any atom is 0.254 e. The summed E-state index contributed by atoms with van der Waals surface area (Å²) in [7, 11) is 0. The van der Waals surface area contributed by atoms with Crippen LogP contribution in [0.4, 0.5) is 0 Å². The van der Waals surface area contributed by atoms with E-state index in [0.29, 0.717) is 12.1 Å². The molecule has 18 heavy (non-hydrogen) atoms. The number of hydrogen-bond acceptors (Lipinski definition) is 4. The largest absolute Gasteiger partial charge is 0.336 e. The molecular formula is C13H20N4O. The molecule has 0 atom stereocenters. The summed E-state index contributed by atoms with van der Waals surface area (Å²) in [5, 5.41) is 0. The highest BCUT2D eigenvalue weighted by Gasteiger charge is 2.21. The molecule has 2 N–H and O–H groups in total. The zero-order chi connectivity index (χ0) is 13.0. The van der Waals surface area contributed by atoms with Crippen LogP contribution in [0.2, 0.25) is 0 Å². The van der Waals surface area contributed by atoms with E-state index in [1.54, 1.807) is 18.3 Å². The molecule has 1 aromatic rings. The van der Waals surface area contributed by atoms with Crippen molar-refractivity contribution in [1.29, 1.82) is 0 Å². The molecule has 1 amide bonds. The molecule has 5 nitrogen and oxygen atoms in total. The predicted molar refractivity (Wildman–Crippen MR) is 70.1 cm³/mol. The number of amides is 1. The number of hydrogen-bond donors (Lipinski definition) is 1. The van der Waals surface area contributed by atoms with Crippen LogP contribution in [0.15, 0.2) is 18.3 Å². The van der Waals surface area contributed by atoms with E-state index >= 15 is 0 Å². The molecule has 5 heteroatoms. The number of nitrogens with zero attached hydrogens (tertiary/aromatic N) is 3. The Morgan fingerprint density at radius 1 is 1.39 bits per heavy atom. The first kappa shape index (κ1) is 13.0. The van der Waals surface area contributed by atoms with Crippen LogP contribution in [0, 0.1) is 0 Å². The van der Waals surface area contributed by atoms with Crippen LogP contribution in [-0.4, -0.2) is 53.4 Å². The van der Waals surface area contributed by atoms with Gasteiger partial charge < -0.3 is 15.5 Å². The Kier molecular flexibility index (Phi) is 4.28. The van der Waals surface area contributed by atoms with E-state index in [0.717, 1.165) is 38.4 Å². The summed E-state index contributed by atoms with van der Waals surface area (Å²) < 4.78 is 0. The fourth-order valence-corrected chi connectivity index (χ4v) is 2.17. The lowest BCUT2D eigenvalue weighted by Crippen LogP contribution is -2.48. The summed E-state index contributed by atoms with van der Waals surface area (Å²) in [6, 6.07) is 3.54. The second kappa shape index (κ2) is 5.93. The lowest BCUT2D eigenvalue weighted by molar-refractivity contribution is 0.0643. The number of likely N-dealkylation sites (N-methyl/N-ethyl adjacent to an activating group) is 1. The van der Waals surface area contributed by atoms with Crippen molar-refractivity contribution in [2.75, 3.05) is 32.7 Å². The van der Waals surface area contributed by atoms with Crippen LogP contribution in [0.1, 0.15) is 23.0 Å². The van der Waals surface area contributed by atoms with E-state index in [9.17, 15) is 4.79 Å². The van der Waals surface area contributed by atoms with Crippen molar-refractivity contribution in [3.63, 3.8) is 0 Å². The highest BCUT2D eigenvalue weighted by molar-refractivity contribution is 5.94. The lowest BCUT2D eigenvalue weighted by Gasteiger charge is -2.34. The van der Waals surface area contributed by atoms with Gasteiger partial charge in [-0.1, -0.05) is 6.92 Å². The molecule has 0 aliphatic carbocycles. The van der Waals surface area contributed by atoms with Gasteiger partial charge >= 0.3 is 0 Å². The standard InChI is InChI=1S/C13H20N4O/c1-2-16-5-7-17(8-6-16)13(18)11-3-4-15-12(9-11)10-14/h3-4,9H,2,5-8,10,14H2,1H3. The SMILES string of the molecule is CCN1CCN(C(=O)c2ccnc(CN)c2)CC1. The number of carbonyl (C=O) groups is 1. The van der Waals surface area contributed by atoms with E-state index in [1.807, 2.05) is 4.90 Å². The predicted octanol–water partition coefficient (Wildman–Crippen LogP) is 0.318. The molecule has 0 bridgehead atoms. The Labute approximate surface area is 108 Å². The molecule has 2 rings (SSSR count). The number of aromatic nitrogens is 1. The van der Waals surface area contributed by atoms with Crippen LogP contribution in [0.25, 0.3) is 0 Å². The van der Waals surface area contributed by atoms with Crippen molar-refractivity contribution in [2.45, 2.75) is 13.5 Å². The summed E-state index contributed by atoms with van der Waals surface area (Å²) in [6.07, 6.45) is 1.65. The van der Waals surface area contributed by atoms with Gasteiger partial charge in [-0.05, 0) is 18.7 Å². The minimum absolute atomic E-state index is 0.0860. The highest BCUT2D eigenvalue weighted by atomic mass is 16.2. The molecule has 0 radical (unpaired) electrons. The van der Waals surface area contributed by atoms with Crippen molar-refractivity contribution in [2.24, 2.45) is 5.73 Å². The van der Waals surface area contributed by atoms with Gasteiger partial charge in [-0.25, -0.2) is 0 Å². The monoisotopic (exact) mass is 248 g/mol. The fraction of sp³-hybridized carbons (Fsp3) is 0.538. The van der Waals surface area contributed by atoms with Crippen molar-refractivity contribution in [1.82, 2.24) is 14.8 Å². The number of pyridine rings is 1. The van der Waals surface area contributed by atoms with Crippen molar-refractivity contribution in [3.05, 3.63) is 29.6 Å². The van der Waals surface area contributed by atoms with Gasteiger partial charge in [0.05, 0.1) is 5.69 Å². The van der Waals surface area contributed by atoms with E-state index < -0.39 is 0 Å². The molecule has 1 aliphatic rings. The molecule has 98 valence electrons. The minimum Gasteiger partial charge on any atom is -0.336 e. The number of nitrogens with two attached hydrogens (primary N) is 1. The van der Waals surface area contributed by atoms with Gasteiger partial charge in [0.25, 0.3) is 5.91 Å². The summed E-state index contributed by atoms with van der Waals surface area (Å²) in [4.78, 5) is 20.7. The van der Waals surface area contributed by atoms with Crippen LogP contribution >= 0.6 is 0 Å². The quantitative estimate of drug-likeness (QED) is 0.836.